The summed E-state index contributed by atoms with van der Waals surface area (Å²) in [6, 6.07) is 4.36. The molecule has 0 bridgehead atoms. The van der Waals surface area contributed by atoms with Crippen molar-refractivity contribution in [2.75, 3.05) is 5.73 Å². The van der Waals surface area contributed by atoms with Gasteiger partial charge in [-0.3, -0.25) is 4.98 Å². The smallest absolute Gasteiger partial charge is 0.349 e. The molecule has 7 heteroatoms. The van der Waals surface area contributed by atoms with E-state index in [1.807, 2.05) is 0 Å². The number of benzene rings is 1. The van der Waals surface area contributed by atoms with Crippen LogP contribution in [0.2, 0.25) is 0 Å². The Morgan fingerprint density at radius 2 is 2.12 bits per heavy atom. The van der Waals surface area contributed by atoms with Crippen molar-refractivity contribution in [3.05, 3.63) is 39.0 Å². The van der Waals surface area contributed by atoms with E-state index in [0.29, 0.717) is 10.0 Å². The fraction of sp³-hybridized carbons (Fsp3) is 0. The molecule has 16 heavy (non-hydrogen) atoms. The molecule has 2 rings (SSSR count). The van der Waals surface area contributed by atoms with Gasteiger partial charge in [-0.05, 0) is 34.1 Å². The Bertz CT molecular complexity index is 598. The van der Waals surface area contributed by atoms with Crippen LogP contribution in [0.5, 0.6) is 0 Å². The molecule has 2 aromatic rings. The first kappa shape index (κ1) is 10.7. The second kappa shape index (κ2) is 4.01. The Kier molecular flexibility index (Phi) is 2.69. The van der Waals surface area contributed by atoms with Crippen LogP contribution in [0.3, 0.4) is 0 Å². The topological polar surface area (TPSA) is 84.7 Å². The molecule has 0 fully saturated rings. The van der Waals surface area contributed by atoms with E-state index < -0.39 is 11.5 Å². The number of hydrogen-bond donors (Lipinski definition) is 2. The second-order valence-corrected chi connectivity index (χ2v) is 3.84. The molecular formula is C9H6BrFN4O. The summed E-state index contributed by atoms with van der Waals surface area (Å²) in [5.74, 6) is -0.415. The predicted octanol–water partition coefficient (Wildman–Crippen LogP) is 1.32. The summed E-state index contributed by atoms with van der Waals surface area (Å²) in [5.41, 5.74) is 5.12. The maximum Gasteiger partial charge on any atom is 0.349 e. The van der Waals surface area contributed by atoms with E-state index in [0.717, 1.165) is 0 Å². The summed E-state index contributed by atoms with van der Waals surface area (Å²) in [5, 5.41) is 0. The van der Waals surface area contributed by atoms with E-state index in [-0.39, 0.29) is 11.8 Å². The van der Waals surface area contributed by atoms with E-state index in [2.05, 4.69) is 30.9 Å². The summed E-state index contributed by atoms with van der Waals surface area (Å²) in [6.45, 7) is 0. The summed E-state index contributed by atoms with van der Waals surface area (Å²) in [4.78, 5) is 20.6. The van der Waals surface area contributed by atoms with Crippen LogP contribution in [0.4, 0.5) is 10.3 Å². The maximum absolute atomic E-state index is 13.3. The van der Waals surface area contributed by atoms with Gasteiger partial charge in [0.25, 0.3) is 0 Å². The van der Waals surface area contributed by atoms with E-state index in [4.69, 9.17) is 5.73 Å². The highest BCUT2D eigenvalue weighted by atomic mass is 79.9. The van der Waals surface area contributed by atoms with E-state index in [9.17, 15) is 9.18 Å². The predicted molar refractivity (Wildman–Crippen MR) is 60.2 cm³/mol. The molecule has 0 saturated heterocycles. The van der Waals surface area contributed by atoms with Gasteiger partial charge in [0.15, 0.2) is 0 Å². The molecule has 82 valence electrons. The number of rotatable bonds is 1. The van der Waals surface area contributed by atoms with Crippen LogP contribution in [0, 0.1) is 5.82 Å². The summed E-state index contributed by atoms with van der Waals surface area (Å²) >= 11 is 3.03. The zero-order valence-electron chi connectivity index (χ0n) is 7.87. The molecule has 0 amide bonds. The monoisotopic (exact) mass is 284 g/mol. The zero-order valence-corrected chi connectivity index (χ0v) is 9.45. The first-order valence-corrected chi connectivity index (χ1v) is 5.05. The third-order valence-electron chi connectivity index (χ3n) is 1.86. The standard InChI is InChI=1S/C9H6BrFN4O/c10-5-2-1-4(3-6(5)11)7-13-8(12)15-9(16)14-7/h1-3H,(H3,12,13,14,15,16). The molecule has 5 nitrogen and oxygen atoms in total. The molecule has 1 heterocycles. The minimum absolute atomic E-state index is 0.151. The summed E-state index contributed by atoms with van der Waals surface area (Å²) in [6.07, 6.45) is 0. The van der Waals surface area contributed by atoms with Gasteiger partial charge in [-0.25, -0.2) is 9.18 Å². The third kappa shape index (κ3) is 2.08. The van der Waals surface area contributed by atoms with Crippen LogP contribution in [-0.2, 0) is 0 Å². The van der Waals surface area contributed by atoms with Gasteiger partial charge in [-0.15, -0.1) is 0 Å². The molecule has 0 radical (unpaired) electrons. The van der Waals surface area contributed by atoms with Crippen molar-refractivity contribution in [2.45, 2.75) is 0 Å². The zero-order chi connectivity index (χ0) is 11.7. The minimum atomic E-state index is -0.620. The van der Waals surface area contributed by atoms with Gasteiger partial charge in [0.2, 0.25) is 5.95 Å². The Labute approximate surface area is 97.7 Å². The molecule has 3 N–H and O–H groups in total. The number of nitrogens with zero attached hydrogens (tertiary/aromatic N) is 2. The number of aromatic amines is 1. The lowest BCUT2D eigenvalue weighted by atomic mass is 10.2. The number of nitrogens with one attached hydrogen (secondary N) is 1. The fourth-order valence-electron chi connectivity index (χ4n) is 1.18. The number of H-pyrrole nitrogens is 1. The molecule has 0 atom stereocenters. The van der Waals surface area contributed by atoms with Crippen molar-refractivity contribution < 1.29 is 4.39 Å². The molecule has 0 aliphatic carbocycles. The normalized spacial score (nSPS) is 10.4. The first-order chi connectivity index (χ1) is 7.56. The quantitative estimate of drug-likeness (QED) is 0.827. The molecular weight excluding hydrogens is 279 g/mol. The van der Waals surface area contributed by atoms with E-state index >= 15 is 0 Å². The number of aromatic nitrogens is 3. The van der Waals surface area contributed by atoms with Crippen molar-refractivity contribution in [1.82, 2.24) is 15.0 Å². The Hall–Kier alpha value is -1.76. The van der Waals surface area contributed by atoms with Crippen molar-refractivity contribution in [2.24, 2.45) is 0 Å². The van der Waals surface area contributed by atoms with Crippen molar-refractivity contribution in [1.29, 1.82) is 0 Å². The Morgan fingerprint density at radius 1 is 1.38 bits per heavy atom. The van der Waals surface area contributed by atoms with Crippen LogP contribution in [0.25, 0.3) is 11.4 Å². The maximum atomic E-state index is 13.3. The van der Waals surface area contributed by atoms with Gasteiger partial charge < -0.3 is 5.73 Å². The fourth-order valence-corrected chi connectivity index (χ4v) is 1.43. The van der Waals surface area contributed by atoms with Crippen LogP contribution in [0.15, 0.2) is 27.5 Å². The molecule has 0 saturated carbocycles. The SMILES string of the molecule is Nc1nc(-c2ccc(Br)c(F)c2)[nH]c(=O)n1. The lowest BCUT2D eigenvalue weighted by Gasteiger charge is -2.02. The molecule has 0 aliphatic heterocycles. The molecule has 0 spiro atoms. The molecule has 1 aromatic heterocycles. The van der Waals surface area contributed by atoms with Gasteiger partial charge in [-0.2, -0.15) is 9.97 Å². The minimum Gasteiger partial charge on any atom is -0.368 e. The van der Waals surface area contributed by atoms with Crippen molar-refractivity contribution in [3.8, 4) is 11.4 Å². The second-order valence-electron chi connectivity index (χ2n) is 2.99. The Balaban J connectivity index is 2.58. The van der Waals surface area contributed by atoms with Crippen LogP contribution >= 0.6 is 15.9 Å². The van der Waals surface area contributed by atoms with Crippen molar-refractivity contribution in [3.63, 3.8) is 0 Å². The van der Waals surface area contributed by atoms with Crippen molar-refractivity contribution >= 4 is 21.9 Å². The van der Waals surface area contributed by atoms with Crippen LogP contribution in [0.1, 0.15) is 0 Å². The van der Waals surface area contributed by atoms with Crippen LogP contribution in [-0.4, -0.2) is 15.0 Å². The van der Waals surface area contributed by atoms with E-state index in [1.54, 1.807) is 6.07 Å². The van der Waals surface area contributed by atoms with Gasteiger partial charge in [-0.1, -0.05) is 0 Å². The molecule has 1 aromatic carbocycles. The molecule has 0 unspecified atom stereocenters. The third-order valence-corrected chi connectivity index (χ3v) is 2.50. The number of anilines is 1. The highest BCUT2D eigenvalue weighted by Gasteiger charge is 2.06. The van der Waals surface area contributed by atoms with E-state index in [1.165, 1.54) is 12.1 Å². The lowest BCUT2D eigenvalue weighted by molar-refractivity contribution is 0.621. The summed E-state index contributed by atoms with van der Waals surface area (Å²) < 4.78 is 13.6. The van der Waals surface area contributed by atoms with Crippen LogP contribution < -0.4 is 11.4 Å². The summed E-state index contributed by atoms with van der Waals surface area (Å²) in [7, 11) is 0. The first-order valence-electron chi connectivity index (χ1n) is 4.25. The lowest BCUT2D eigenvalue weighted by Crippen LogP contribution is -2.15. The number of nitrogen functional groups attached to an aromatic ring is 1. The van der Waals surface area contributed by atoms with Gasteiger partial charge >= 0.3 is 5.69 Å². The largest absolute Gasteiger partial charge is 0.368 e. The average Bonchev–Trinajstić information content (AvgIpc) is 2.20. The number of nitrogens with two attached hydrogens (primary N) is 1. The number of hydrogen-bond acceptors (Lipinski definition) is 4. The average molecular weight is 285 g/mol. The van der Waals surface area contributed by atoms with Gasteiger partial charge in [0.1, 0.15) is 11.6 Å². The van der Waals surface area contributed by atoms with Gasteiger partial charge in [0, 0.05) is 5.56 Å². The highest BCUT2D eigenvalue weighted by Crippen LogP contribution is 2.21. The molecule has 0 aliphatic rings. The van der Waals surface area contributed by atoms with Gasteiger partial charge in [0.05, 0.1) is 4.47 Å². The Morgan fingerprint density at radius 3 is 2.75 bits per heavy atom. The number of halogens is 2. The highest BCUT2D eigenvalue weighted by molar-refractivity contribution is 9.10.